The molecule has 25 heavy (non-hydrogen) atoms. The number of H-pyrrole nitrogens is 1. The van der Waals surface area contributed by atoms with Crippen LogP contribution in [0.2, 0.25) is 0 Å². The van der Waals surface area contributed by atoms with E-state index in [1.165, 1.54) is 0 Å². The predicted molar refractivity (Wildman–Crippen MR) is 90.4 cm³/mol. The lowest BCUT2D eigenvalue weighted by Crippen LogP contribution is -2.41. The Hall–Kier alpha value is -1.93. The number of hydrogen-bond acceptors (Lipinski definition) is 5. The zero-order chi connectivity index (χ0) is 18.0. The number of piperidine rings is 1. The molecule has 0 bridgehead atoms. The maximum Gasteiger partial charge on any atom is 0.354 e. The van der Waals surface area contributed by atoms with Crippen LogP contribution >= 0.6 is 0 Å². The molecule has 3 rings (SSSR count). The summed E-state index contributed by atoms with van der Waals surface area (Å²) in [6.45, 7) is 6.05. The summed E-state index contributed by atoms with van der Waals surface area (Å²) in [5.41, 5.74) is 0.938. The van der Waals surface area contributed by atoms with Gasteiger partial charge in [-0.05, 0) is 50.7 Å². The topological polar surface area (TPSA) is 110 Å². The Kier molecular flexibility index (Phi) is 5.10. The lowest BCUT2D eigenvalue weighted by atomic mass is 9.76. The van der Waals surface area contributed by atoms with Crippen molar-refractivity contribution in [2.45, 2.75) is 45.2 Å². The highest BCUT2D eigenvalue weighted by Gasteiger charge is 2.47. The second-order valence-corrected chi connectivity index (χ2v) is 7.38. The molecule has 2 saturated heterocycles. The zero-order valence-corrected chi connectivity index (χ0v) is 14.6. The van der Waals surface area contributed by atoms with E-state index in [0.29, 0.717) is 12.1 Å². The maximum atomic E-state index is 11.6. The third-order valence-corrected chi connectivity index (χ3v) is 5.64. The first-order chi connectivity index (χ1) is 11.9. The Balaban J connectivity index is 1.61. The van der Waals surface area contributed by atoms with Crippen molar-refractivity contribution in [2.75, 3.05) is 26.2 Å². The largest absolute Gasteiger partial charge is 0.480 e. The van der Waals surface area contributed by atoms with E-state index in [1.807, 2.05) is 0 Å². The summed E-state index contributed by atoms with van der Waals surface area (Å²) in [6.07, 6.45) is 5.17. The lowest BCUT2D eigenvalue weighted by Gasteiger charge is -2.39. The Morgan fingerprint density at radius 1 is 1.36 bits per heavy atom. The molecule has 0 aliphatic carbocycles. The van der Waals surface area contributed by atoms with Gasteiger partial charge in [0.05, 0.1) is 6.20 Å². The second-order valence-electron chi connectivity index (χ2n) is 7.38. The van der Waals surface area contributed by atoms with Gasteiger partial charge in [-0.1, -0.05) is 6.92 Å². The van der Waals surface area contributed by atoms with Crippen LogP contribution in [0.1, 0.15) is 48.7 Å². The normalized spacial score (nSPS) is 24.0. The lowest BCUT2D eigenvalue weighted by molar-refractivity contribution is -0.142. The molecule has 1 aromatic heterocycles. The van der Waals surface area contributed by atoms with Crippen LogP contribution in [0, 0.1) is 5.41 Å². The van der Waals surface area contributed by atoms with Crippen molar-refractivity contribution in [1.29, 1.82) is 0 Å². The first-order valence-corrected chi connectivity index (χ1v) is 8.89. The van der Waals surface area contributed by atoms with E-state index < -0.39 is 11.9 Å². The highest BCUT2D eigenvalue weighted by molar-refractivity contribution is 5.86. The van der Waals surface area contributed by atoms with Gasteiger partial charge < -0.3 is 10.2 Å². The average Bonchev–Trinajstić information content (AvgIpc) is 3.16. The van der Waals surface area contributed by atoms with Crippen molar-refractivity contribution in [1.82, 2.24) is 20.0 Å². The fourth-order valence-electron chi connectivity index (χ4n) is 4.32. The molecule has 0 amide bonds. The molecular formula is C17H26N4O4. The molecule has 3 N–H and O–H groups in total. The standard InChI is InChI=1S/C17H26N4O4/c1-2-5-21-11-17(8-13(21)15(22)23)3-6-20(7-4-17)10-12-9-18-19-14(12)16(24)25/h9,13H,2-8,10-11H2,1H3,(H,18,19)(H,22,23)(H,24,25). The minimum Gasteiger partial charge on any atom is -0.480 e. The molecular weight excluding hydrogens is 324 g/mol. The number of aromatic nitrogens is 2. The van der Waals surface area contributed by atoms with Crippen LogP contribution in [0.5, 0.6) is 0 Å². The van der Waals surface area contributed by atoms with Crippen LogP contribution < -0.4 is 0 Å². The van der Waals surface area contributed by atoms with Gasteiger partial charge in [0, 0.05) is 18.7 Å². The first kappa shape index (κ1) is 17.9. The molecule has 2 aliphatic heterocycles. The Bertz CT molecular complexity index is 636. The fourth-order valence-corrected chi connectivity index (χ4v) is 4.32. The molecule has 8 nitrogen and oxygen atoms in total. The van der Waals surface area contributed by atoms with Gasteiger partial charge in [0.1, 0.15) is 11.7 Å². The minimum absolute atomic E-state index is 0.0841. The fraction of sp³-hybridized carbons (Fsp3) is 0.706. The van der Waals surface area contributed by atoms with Crippen LogP contribution in [0.3, 0.4) is 0 Å². The van der Waals surface area contributed by atoms with Crippen LogP contribution in [0.4, 0.5) is 0 Å². The number of carboxylic acids is 2. The van der Waals surface area contributed by atoms with Gasteiger partial charge in [0.15, 0.2) is 0 Å². The number of nitrogens with zero attached hydrogens (tertiary/aromatic N) is 3. The number of rotatable bonds is 6. The average molecular weight is 350 g/mol. The first-order valence-electron chi connectivity index (χ1n) is 8.89. The van der Waals surface area contributed by atoms with Gasteiger partial charge in [-0.15, -0.1) is 0 Å². The molecule has 1 unspecified atom stereocenters. The number of carbonyl (C=O) groups is 2. The molecule has 0 aromatic carbocycles. The number of nitrogens with one attached hydrogen (secondary N) is 1. The molecule has 2 fully saturated rings. The number of hydrogen-bond donors (Lipinski definition) is 3. The summed E-state index contributed by atoms with van der Waals surface area (Å²) in [7, 11) is 0. The van der Waals surface area contributed by atoms with Gasteiger partial charge in [-0.25, -0.2) is 4.79 Å². The molecule has 0 saturated carbocycles. The summed E-state index contributed by atoms with van der Waals surface area (Å²) >= 11 is 0. The van der Waals surface area contributed by atoms with E-state index in [0.717, 1.165) is 51.9 Å². The van der Waals surface area contributed by atoms with Crippen molar-refractivity contribution in [3.05, 3.63) is 17.5 Å². The summed E-state index contributed by atoms with van der Waals surface area (Å²) < 4.78 is 0. The van der Waals surface area contributed by atoms with Gasteiger partial charge >= 0.3 is 11.9 Å². The quantitative estimate of drug-likeness (QED) is 0.708. The highest BCUT2D eigenvalue weighted by atomic mass is 16.4. The van der Waals surface area contributed by atoms with E-state index in [-0.39, 0.29) is 17.2 Å². The van der Waals surface area contributed by atoms with E-state index in [4.69, 9.17) is 5.11 Å². The number of aliphatic carboxylic acids is 1. The Morgan fingerprint density at radius 3 is 2.68 bits per heavy atom. The molecule has 1 atom stereocenters. The van der Waals surface area contributed by atoms with E-state index in [9.17, 15) is 14.7 Å². The Morgan fingerprint density at radius 2 is 2.08 bits per heavy atom. The molecule has 138 valence electrons. The monoisotopic (exact) mass is 350 g/mol. The van der Waals surface area contributed by atoms with Gasteiger partial charge in [0.2, 0.25) is 0 Å². The van der Waals surface area contributed by atoms with Crippen molar-refractivity contribution in [3.63, 3.8) is 0 Å². The maximum absolute atomic E-state index is 11.6. The molecule has 1 spiro atoms. The number of aromatic amines is 1. The highest BCUT2D eigenvalue weighted by Crippen LogP contribution is 2.43. The van der Waals surface area contributed by atoms with E-state index in [1.54, 1.807) is 6.20 Å². The van der Waals surface area contributed by atoms with Crippen LogP contribution in [-0.4, -0.2) is 74.4 Å². The number of aromatic carboxylic acids is 1. The van der Waals surface area contributed by atoms with E-state index >= 15 is 0 Å². The summed E-state index contributed by atoms with van der Waals surface area (Å²) in [5.74, 6) is -1.70. The number of likely N-dealkylation sites (tertiary alicyclic amines) is 2. The van der Waals surface area contributed by atoms with Crippen LogP contribution in [0.25, 0.3) is 0 Å². The zero-order valence-electron chi connectivity index (χ0n) is 14.6. The predicted octanol–water partition coefficient (Wildman–Crippen LogP) is 1.26. The van der Waals surface area contributed by atoms with Crippen molar-refractivity contribution < 1.29 is 19.8 Å². The van der Waals surface area contributed by atoms with Gasteiger partial charge in [-0.3, -0.25) is 19.7 Å². The number of carboxylic acid groups (broad SMARTS) is 2. The molecule has 3 heterocycles. The third kappa shape index (κ3) is 3.69. The van der Waals surface area contributed by atoms with Crippen LogP contribution in [-0.2, 0) is 11.3 Å². The SMILES string of the molecule is CCCN1CC2(CCN(Cc3cn[nH]c3C(=O)O)CC2)CC1C(=O)O. The van der Waals surface area contributed by atoms with E-state index in [2.05, 4.69) is 26.9 Å². The van der Waals surface area contributed by atoms with Crippen molar-refractivity contribution in [2.24, 2.45) is 5.41 Å². The summed E-state index contributed by atoms with van der Waals surface area (Å²) in [5, 5.41) is 25.0. The molecule has 2 aliphatic rings. The molecule has 0 radical (unpaired) electrons. The van der Waals surface area contributed by atoms with Gasteiger partial charge in [-0.2, -0.15) is 5.10 Å². The summed E-state index contributed by atoms with van der Waals surface area (Å²) in [6, 6.07) is -0.362. The third-order valence-electron chi connectivity index (χ3n) is 5.64. The summed E-state index contributed by atoms with van der Waals surface area (Å²) in [4.78, 5) is 27.1. The smallest absolute Gasteiger partial charge is 0.354 e. The molecule has 1 aromatic rings. The van der Waals surface area contributed by atoms with Gasteiger partial charge in [0.25, 0.3) is 0 Å². The second kappa shape index (κ2) is 7.13. The minimum atomic E-state index is -0.990. The Labute approximate surface area is 146 Å². The van der Waals surface area contributed by atoms with Crippen molar-refractivity contribution >= 4 is 11.9 Å². The molecule has 8 heteroatoms. The van der Waals surface area contributed by atoms with Crippen molar-refractivity contribution in [3.8, 4) is 0 Å². The van der Waals surface area contributed by atoms with Crippen LogP contribution in [0.15, 0.2) is 6.20 Å².